The Morgan fingerprint density at radius 1 is 1.24 bits per heavy atom. The predicted molar refractivity (Wildman–Crippen MR) is 81.3 cm³/mol. The van der Waals surface area contributed by atoms with Crippen molar-refractivity contribution in [2.24, 2.45) is 0 Å². The maximum Gasteiger partial charge on any atom is 0.243 e. The van der Waals surface area contributed by atoms with Crippen LogP contribution in [0.5, 0.6) is 0 Å². The molecule has 1 aliphatic rings. The molecule has 0 aliphatic carbocycles. The first-order chi connectivity index (χ1) is 10.1. The number of benzene rings is 1. The van der Waals surface area contributed by atoms with Gasteiger partial charge in [0, 0.05) is 31.7 Å². The first-order valence-corrected chi connectivity index (χ1v) is 8.44. The zero-order chi connectivity index (χ0) is 15.3. The lowest BCUT2D eigenvalue weighted by Gasteiger charge is -2.33. The first-order valence-electron chi connectivity index (χ1n) is 7.00. The van der Waals surface area contributed by atoms with Crippen LogP contribution < -0.4 is 0 Å². The summed E-state index contributed by atoms with van der Waals surface area (Å²) in [6.45, 7) is 5.34. The molecule has 0 spiro atoms. The summed E-state index contributed by atoms with van der Waals surface area (Å²) in [6, 6.07) is 6.56. The molecule has 0 amide bonds. The fourth-order valence-corrected chi connectivity index (χ4v) is 3.78. The zero-order valence-electron chi connectivity index (χ0n) is 12.1. The quantitative estimate of drug-likeness (QED) is 0.819. The van der Waals surface area contributed by atoms with E-state index in [-0.39, 0.29) is 11.5 Å². The Morgan fingerprint density at radius 3 is 2.57 bits per heavy atom. The summed E-state index contributed by atoms with van der Waals surface area (Å²) in [5.74, 6) is 5.26. The summed E-state index contributed by atoms with van der Waals surface area (Å²) < 4.78 is 26.8. The maximum atomic E-state index is 12.6. The van der Waals surface area contributed by atoms with Crippen molar-refractivity contribution in [2.45, 2.75) is 11.8 Å². The predicted octanol–water partition coefficient (Wildman–Crippen LogP) is 0.357. The summed E-state index contributed by atoms with van der Waals surface area (Å²) in [5.41, 5.74) is 0.595. The van der Waals surface area contributed by atoms with Gasteiger partial charge >= 0.3 is 0 Å². The summed E-state index contributed by atoms with van der Waals surface area (Å²) in [6.07, 6.45) is 0. The molecule has 21 heavy (non-hydrogen) atoms. The molecule has 0 atom stereocenters. The van der Waals surface area contributed by atoms with Crippen LogP contribution in [0, 0.1) is 11.8 Å². The number of aliphatic hydroxyl groups is 1. The van der Waals surface area contributed by atoms with Gasteiger partial charge in [-0.1, -0.05) is 24.8 Å². The summed E-state index contributed by atoms with van der Waals surface area (Å²) in [5, 5.41) is 8.70. The zero-order valence-corrected chi connectivity index (χ0v) is 12.9. The van der Waals surface area contributed by atoms with Crippen molar-refractivity contribution in [3.63, 3.8) is 0 Å². The van der Waals surface area contributed by atoms with Crippen LogP contribution in [0.2, 0.25) is 0 Å². The van der Waals surface area contributed by atoms with Crippen molar-refractivity contribution >= 4 is 10.0 Å². The second-order valence-electron chi connectivity index (χ2n) is 4.83. The highest BCUT2D eigenvalue weighted by Crippen LogP contribution is 2.18. The number of aliphatic hydroxyl groups excluding tert-OH is 1. The molecule has 6 heteroatoms. The van der Waals surface area contributed by atoms with Gasteiger partial charge in [-0.2, -0.15) is 4.31 Å². The van der Waals surface area contributed by atoms with Crippen LogP contribution in [0.25, 0.3) is 0 Å². The smallest absolute Gasteiger partial charge is 0.243 e. The van der Waals surface area contributed by atoms with Crippen molar-refractivity contribution < 1.29 is 13.5 Å². The Morgan fingerprint density at radius 2 is 1.95 bits per heavy atom. The molecule has 1 fully saturated rings. The monoisotopic (exact) mass is 308 g/mol. The number of likely N-dealkylation sites (N-methyl/N-ethyl adjacent to an activating group) is 1. The van der Waals surface area contributed by atoms with Crippen LogP contribution in [-0.4, -0.2) is 62.1 Å². The third-order valence-corrected chi connectivity index (χ3v) is 5.46. The summed E-state index contributed by atoms with van der Waals surface area (Å²) >= 11 is 0. The van der Waals surface area contributed by atoms with Crippen molar-refractivity contribution in [2.75, 3.05) is 39.3 Å². The van der Waals surface area contributed by atoms with Crippen LogP contribution >= 0.6 is 0 Å². The number of sulfonamides is 1. The van der Waals surface area contributed by atoms with Crippen LogP contribution in [0.3, 0.4) is 0 Å². The number of hydrogen-bond donors (Lipinski definition) is 1. The summed E-state index contributed by atoms with van der Waals surface area (Å²) in [4.78, 5) is 2.49. The SMILES string of the molecule is CCN1CCN(S(=O)(=O)c2cccc(C#CCO)c2)CC1. The molecule has 114 valence electrons. The lowest BCUT2D eigenvalue weighted by Crippen LogP contribution is -2.48. The van der Waals surface area contributed by atoms with Crippen molar-refractivity contribution in [3.8, 4) is 11.8 Å². The van der Waals surface area contributed by atoms with Gasteiger partial charge in [-0.15, -0.1) is 0 Å². The van der Waals surface area contributed by atoms with E-state index < -0.39 is 10.0 Å². The second kappa shape index (κ2) is 7.05. The Labute approximate surface area is 126 Å². The van der Waals surface area contributed by atoms with Gasteiger partial charge < -0.3 is 10.0 Å². The van der Waals surface area contributed by atoms with Crippen LogP contribution in [0.15, 0.2) is 29.2 Å². The average Bonchev–Trinajstić information content (AvgIpc) is 2.53. The number of piperazine rings is 1. The van der Waals surface area contributed by atoms with Crippen LogP contribution in [0.1, 0.15) is 12.5 Å². The highest BCUT2D eigenvalue weighted by Gasteiger charge is 2.27. The highest BCUT2D eigenvalue weighted by molar-refractivity contribution is 7.89. The van der Waals surface area contributed by atoms with Crippen molar-refractivity contribution in [3.05, 3.63) is 29.8 Å². The van der Waals surface area contributed by atoms with E-state index in [0.717, 1.165) is 19.6 Å². The largest absolute Gasteiger partial charge is 0.384 e. The molecule has 1 saturated heterocycles. The lowest BCUT2D eigenvalue weighted by molar-refractivity contribution is 0.196. The molecule has 5 nitrogen and oxygen atoms in total. The molecule has 1 aliphatic heterocycles. The van der Waals surface area contributed by atoms with E-state index in [1.807, 2.05) is 0 Å². The fraction of sp³-hybridized carbons (Fsp3) is 0.467. The number of rotatable bonds is 3. The third kappa shape index (κ3) is 3.83. The second-order valence-corrected chi connectivity index (χ2v) is 6.76. The lowest BCUT2D eigenvalue weighted by atomic mass is 10.2. The van der Waals surface area contributed by atoms with Crippen LogP contribution in [-0.2, 0) is 10.0 Å². The molecule has 0 radical (unpaired) electrons. The van der Waals surface area contributed by atoms with E-state index in [2.05, 4.69) is 23.7 Å². The molecule has 0 saturated carbocycles. The van der Waals surface area contributed by atoms with Gasteiger partial charge in [-0.25, -0.2) is 8.42 Å². The number of nitrogens with zero attached hydrogens (tertiary/aromatic N) is 2. The molecule has 1 aromatic carbocycles. The minimum atomic E-state index is -3.46. The number of hydrogen-bond acceptors (Lipinski definition) is 4. The molecule has 2 rings (SSSR count). The normalized spacial score (nSPS) is 17.2. The molecule has 0 aromatic heterocycles. The van der Waals surface area contributed by atoms with E-state index in [1.165, 1.54) is 4.31 Å². The Hall–Kier alpha value is -1.39. The molecule has 0 unspecified atom stereocenters. The maximum absolute atomic E-state index is 12.6. The molecule has 1 heterocycles. The topological polar surface area (TPSA) is 60.9 Å². The summed E-state index contributed by atoms with van der Waals surface area (Å²) in [7, 11) is -3.46. The third-order valence-electron chi connectivity index (χ3n) is 3.56. The first kappa shape index (κ1) is 16.0. The van der Waals surface area contributed by atoms with Gasteiger partial charge in [0.25, 0.3) is 0 Å². The van der Waals surface area contributed by atoms with E-state index in [0.29, 0.717) is 18.7 Å². The minimum absolute atomic E-state index is 0.240. The standard InChI is InChI=1S/C15H20N2O3S/c1-2-16-8-10-17(11-9-16)21(19,20)15-7-3-5-14(13-15)6-4-12-18/h3,5,7,13,18H,2,8-12H2,1H3. The molecular formula is C15H20N2O3S. The van der Waals surface area contributed by atoms with E-state index in [9.17, 15) is 8.42 Å². The molecule has 1 N–H and O–H groups in total. The van der Waals surface area contributed by atoms with E-state index in [4.69, 9.17) is 5.11 Å². The van der Waals surface area contributed by atoms with Gasteiger partial charge in [-0.05, 0) is 24.7 Å². The fourth-order valence-electron chi connectivity index (χ4n) is 2.31. The van der Waals surface area contributed by atoms with E-state index in [1.54, 1.807) is 24.3 Å². The van der Waals surface area contributed by atoms with Gasteiger partial charge in [0.1, 0.15) is 6.61 Å². The molecular weight excluding hydrogens is 288 g/mol. The Bertz CT molecular complexity index is 638. The van der Waals surface area contributed by atoms with Gasteiger partial charge in [0.2, 0.25) is 10.0 Å². The van der Waals surface area contributed by atoms with Gasteiger partial charge in [-0.3, -0.25) is 0 Å². The van der Waals surface area contributed by atoms with Gasteiger partial charge in [0.15, 0.2) is 0 Å². The minimum Gasteiger partial charge on any atom is -0.384 e. The highest BCUT2D eigenvalue weighted by atomic mass is 32.2. The van der Waals surface area contributed by atoms with Crippen molar-refractivity contribution in [1.29, 1.82) is 0 Å². The Balaban J connectivity index is 2.20. The van der Waals surface area contributed by atoms with E-state index >= 15 is 0 Å². The Kier molecular flexibility index (Phi) is 5.37. The van der Waals surface area contributed by atoms with Crippen LogP contribution in [0.4, 0.5) is 0 Å². The average molecular weight is 308 g/mol. The molecule has 0 bridgehead atoms. The van der Waals surface area contributed by atoms with Crippen molar-refractivity contribution in [1.82, 2.24) is 9.21 Å². The molecule has 1 aromatic rings. The van der Waals surface area contributed by atoms with Gasteiger partial charge in [0.05, 0.1) is 4.90 Å².